The van der Waals surface area contributed by atoms with E-state index in [9.17, 15) is 18.3 Å². The van der Waals surface area contributed by atoms with Gasteiger partial charge in [0, 0.05) is 18.6 Å². The molecule has 3 heterocycles. The molecular weight excluding hydrogens is 423 g/mol. The summed E-state index contributed by atoms with van der Waals surface area (Å²) in [4.78, 5) is 2.33. The van der Waals surface area contributed by atoms with Crippen LogP contribution in [0, 0.1) is 0 Å². The highest BCUT2D eigenvalue weighted by Gasteiger charge is 2.49. The fraction of sp³-hybridized carbons (Fsp3) is 0.500. The van der Waals surface area contributed by atoms with Crippen LogP contribution in [0.1, 0.15) is 36.8 Å². The number of hydrogen-bond donors (Lipinski definition) is 1. The Kier molecular flexibility index (Phi) is 5.25. The van der Waals surface area contributed by atoms with Gasteiger partial charge in [-0.2, -0.15) is 13.2 Å². The highest BCUT2D eigenvalue weighted by atomic mass is 19.4. The number of benzene rings is 2. The molecule has 2 aromatic carbocycles. The number of alkyl halides is 3. The molecule has 3 aliphatic rings. The summed E-state index contributed by atoms with van der Waals surface area (Å²) in [5.74, 6) is 1.87. The molecule has 2 aromatic rings. The van der Waals surface area contributed by atoms with Crippen molar-refractivity contribution in [3.63, 3.8) is 0 Å². The first-order valence-electron chi connectivity index (χ1n) is 10.9. The summed E-state index contributed by atoms with van der Waals surface area (Å²) in [5, 5.41) is 11.4. The van der Waals surface area contributed by atoms with Crippen LogP contribution in [0.15, 0.2) is 42.5 Å². The number of piperidine rings is 1. The summed E-state index contributed by atoms with van der Waals surface area (Å²) < 4.78 is 57.0. The van der Waals surface area contributed by atoms with Crippen LogP contribution in [0.2, 0.25) is 0 Å². The third kappa shape index (κ3) is 3.79. The monoisotopic (exact) mass is 449 g/mol. The number of para-hydroxylation sites is 1. The predicted octanol–water partition coefficient (Wildman–Crippen LogP) is 4.37. The smallest absolute Gasteiger partial charge is 0.416 e. The van der Waals surface area contributed by atoms with Crippen LogP contribution in [0.5, 0.6) is 17.2 Å². The average molecular weight is 449 g/mol. The maximum Gasteiger partial charge on any atom is 0.416 e. The fourth-order valence-corrected chi connectivity index (χ4v) is 5.43. The SMILES string of the molecule is COc1cccc2c1OC(CN1C3CCC1CC(O)(c1cccc(C(F)(F)F)c1)C3)CO2. The lowest BCUT2D eigenvalue weighted by Crippen LogP contribution is -2.53. The number of fused-ring (bicyclic) bond motifs is 3. The number of aliphatic hydroxyl groups is 1. The molecule has 32 heavy (non-hydrogen) atoms. The molecule has 1 N–H and O–H groups in total. The van der Waals surface area contributed by atoms with Crippen molar-refractivity contribution in [3.05, 3.63) is 53.6 Å². The second-order valence-electron chi connectivity index (χ2n) is 8.94. The van der Waals surface area contributed by atoms with Crippen molar-refractivity contribution in [2.75, 3.05) is 20.3 Å². The van der Waals surface area contributed by atoms with E-state index in [1.54, 1.807) is 13.2 Å². The van der Waals surface area contributed by atoms with Crippen molar-refractivity contribution in [2.24, 2.45) is 0 Å². The van der Waals surface area contributed by atoms with E-state index in [1.165, 1.54) is 6.07 Å². The number of nitrogens with zero attached hydrogens (tertiary/aromatic N) is 1. The molecule has 5 nitrogen and oxygen atoms in total. The van der Waals surface area contributed by atoms with E-state index in [0.717, 1.165) is 25.0 Å². The van der Waals surface area contributed by atoms with Crippen LogP contribution in [-0.2, 0) is 11.8 Å². The van der Waals surface area contributed by atoms with Gasteiger partial charge in [-0.05, 0) is 55.5 Å². The average Bonchev–Trinajstić information content (AvgIpc) is 3.01. The molecule has 0 radical (unpaired) electrons. The normalized spacial score (nSPS) is 29.7. The van der Waals surface area contributed by atoms with Gasteiger partial charge in [-0.3, -0.25) is 4.90 Å². The van der Waals surface area contributed by atoms with E-state index in [-0.39, 0.29) is 18.2 Å². The first-order chi connectivity index (χ1) is 15.3. The van der Waals surface area contributed by atoms with Crippen LogP contribution in [-0.4, -0.2) is 48.5 Å². The molecule has 172 valence electrons. The van der Waals surface area contributed by atoms with Gasteiger partial charge < -0.3 is 19.3 Å². The molecule has 3 unspecified atom stereocenters. The van der Waals surface area contributed by atoms with Crippen LogP contribution in [0.3, 0.4) is 0 Å². The second-order valence-corrected chi connectivity index (χ2v) is 8.94. The molecular formula is C24H26F3NO4. The van der Waals surface area contributed by atoms with E-state index in [0.29, 0.717) is 48.8 Å². The molecule has 0 aromatic heterocycles. The third-order valence-corrected chi connectivity index (χ3v) is 6.93. The maximum atomic E-state index is 13.2. The molecule has 0 saturated carbocycles. The van der Waals surface area contributed by atoms with Gasteiger partial charge in [0.05, 0.1) is 18.3 Å². The predicted molar refractivity (Wildman–Crippen MR) is 111 cm³/mol. The van der Waals surface area contributed by atoms with E-state index in [1.807, 2.05) is 18.2 Å². The Bertz CT molecular complexity index is 967. The molecule has 8 heteroatoms. The van der Waals surface area contributed by atoms with Crippen molar-refractivity contribution >= 4 is 0 Å². The van der Waals surface area contributed by atoms with Gasteiger partial charge in [0.25, 0.3) is 0 Å². The highest BCUT2D eigenvalue weighted by Crippen LogP contribution is 2.47. The molecule has 2 saturated heterocycles. The van der Waals surface area contributed by atoms with Crippen LogP contribution >= 0.6 is 0 Å². The van der Waals surface area contributed by atoms with E-state index in [2.05, 4.69) is 4.90 Å². The molecule has 0 amide bonds. The van der Waals surface area contributed by atoms with Gasteiger partial charge in [-0.15, -0.1) is 0 Å². The first kappa shape index (κ1) is 21.4. The Morgan fingerprint density at radius 1 is 1.12 bits per heavy atom. The van der Waals surface area contributed by atoms with Crippen LogP contribution in [0.4, 0.5) is 13.2 Å². The Morgan fingerprint density at radius 2 is 1.84 bits per heavy atom. The second kappa shape index (κ2) is 7.85. The lowest BCUT2D eigenvalue weighted by Gasteiger charge is -2.45. The van der Waals surface area contributed by atoms with Gasteiger partial charge in [0.15, 0.2) is 11.5 Å². The van der Waals surface area contributed by atoms with Crippen LogP contribution < -0.4 is 14.2 Å². The van der Waals surface area contributed by atoms with Gasteiger partial charge in [-0.1, -0.05) is 18.2 Å². The summed E-state index contributed by atoms with van der Waals surface area (Å²) in [6, 6.07) is 10.8. The quantitative estimate of drug-likeness (QED) is 0.752. The van der Waals surface area contributed by atoms with Crippen LogP contribution in [0.25, 0.3) is 0 Å². The maximum absolute atomic E-state index is 13.2. The minimum Gasteiger partial charge on any atom is -0.493 e. The Balaban J connectivity index is 1.31. The fourth-order valence-electron chi connectivity index (χ4n) is 5.43. The van der Waals surface area contributed by atoms with Crippen molar-refractivity contribution < 1.29 is 32.5 Å². The molecule has 3 aliphatic heterocycles. The van der Waals surface area contributed by atoms with Crippen molar-refractivity contribution in [3.8, 4) is 17.2 Å². The molecule has 3 atom stereocenters. The van der Waals surface area contributed by atoms with Crippen molar-refractivity contribution in [2.45, 2.75) is 55.6 Å². The summed E-state index contributed by atoms with van der Waals surface area (Å²) in [5.41, 5.74) is -1.64. The van der Waals surface area contributed by atoms with Gasteiger partial charge in [0.2, 0.25) is 5.75 Å². The zero-order valence-electron chi connectivity index (χ0n) is 17.8. The van der Waals surface area contributed by atoms with Gasteiger partial charge in [0.1, 0.15) is 12.7 Å². The van der Waals surface area contributed by atoms with E-state index >= 15 is 0 Å². The lowest BCUT2D eigenvalue weighted by atomic mass is 9.80. The standard InChI is InChI=1S/C24H26F3NO4/c1-30-20-6-3-7-21-22(20)32-19(14-31-21)13-28-17-8-9-18(28)12-23(29,11-17)15-4-2-5-16(10-15)24(25,26)27/h2-7,10,17-19,29H,8-9,11-14H2,1H3. The number of rotatable bonds is 4. The first-order valence-corrected chi connectivity index (χ1v) is 10.9. The topological polar surface area (TPSA) is 51.2 Å². The molecule has 0 aliphatic carbocycles. The summed E-state index contributed by atoms with van der Waals surface area (Å²) in [6.45, 7) is 1.04. The Hall–Kier alpha value is -2.45. The Morgan fingerprint density at radius 3 is 2.53 bits per heavy atom. The third-order valence-electron chi connectivity index (χ3n) is 6.93. The van der Waals surface area contributed by atoms with Gasteiger partial charge >= 0.3 is 6.18 Å². The zero-order chi connectivity index (χ0) is 22.5. The number of hydrogen-bond acceptors (Lipinski definition) is 5. The lowest BCUT2D eigenvalue weighted by molar-refractivity contribution is -0.137. The van der Waals surface area contributed by atoms with E-state index < -0.39 is 17.3 Å². The largest absolute Gasteiger partial charge is 0.493 e. The summed E-state index contributed by atoms with van der Waals surface area (Å²) >= 11 is 0. The Labute approximate surface area is 184 Å². The molecule has 0 spiro atoms. The summed E-state index contributed by atoms with van der Waals surface area (Å²) in [7, 11) is 1.59. The number of methoxy groups -OCH3 is 1. The number of halogens is 3. The molecule has 5 rings (SSSR count). The molecule has 2 fully saturated rings. The number of ether oxygens (including phenoxy) is 3. The minimum absolute atomic E-state index is 0.0796. The highest BCUT2D eigenvalue weighted by molar-refractivity contribution is 5.52. The van der Waals surface area contributed by atoms with Crippen molar-refractivity contribution in [1.82, 2.24) is 4.90 Å². The summed E-state index contributed by atoms with van der Waals surface area (Å²) in [6.07, 6.45) is -2.02. The van der Waals surface area contributed by atoms with E-state index in [4.69, 9.17) is 14.2 Å². The van der Waals surface area contributed by atoms with Gasteiger partial charge in [-0.25, -0.2) is 0 Å². The van der Waals surface area contributed by atoms with Crippen molar-refractivity contribution in [1.29, 1.82) is 0 Å². The minimum atomic E-state index is -4.43. The molecule has 2 bridgehead atoms. The zero-order valence-corrected chi connectivity index (χ0v) is 17.8.